The second kappa shape index (κ2) is 11.6. The largest absolute Gasteiger partial charge is 0.481 e. The number of carbonyl (C=O) groups excluding carboxylic acids is 1. The van der Waals surface area contributed by atoms with E-state index in [1.54, 1.807) is 4.52 Å². The summed E-state index contributed by atoms with van der Waals surface area (Å²) in [7, 11) is 0. The molecule has 0 aromatic carbocycles. The summed E-state index contributed by atoms with van der Waals surface area (Å²) in [6, 6.07) is 3.83. The van der Waals surface area contributed by atoms with Crippen LogP contribution >= 0.6 is 0 Å². The van der Waals surface area contributed by atoms with Gasteiger partial charge in [0.2, 0.25) is 0 Å². The van der Waals surface area contributed by atoms with Gasteiger partial charge in [0.05, 0.1) is 11.8 Å². The first-order valence-electron chi connectivity index (χ1n) is 9.12. The summed E-state index contributed by atoms with van der Waals surface area (Å²) in [6.07, 6.45) is 3.30. The summed E-state index contributed by atoms with van der Waals surface area (Å²) < 4.78 is 12.6. The summed E-state index contributed by atoms with van der Waals surface area (Å²) in [4.78, 5) is 24.6. The standard InChI is InChI=1S/C13H16N4O3.C5H10O2.CHN/c1-8(18)19-6-9-2-5-12(20-9)10-3-4-11-13(14)15-7-16-17(10)11;1-4(2)3-5(6)7;1-2/h3-4,7,9,12H,2,5-6H2,1H3,(H2,14,15,16);4H,3H2,1-2H3,(H,6,7);1H. The minimum atomic E-state index is -0.713. The number of nitrogens with zero attached hydrogens (tertiary/aromatic N) is 4. The maximum absolute atomic E-state index is 10.8. The van der Waals surface area contributed by atoms with Gasteiger partial charge in [-0.1, -0.05) is 13.8 Å². The molecule has 1 aliphatic heterocycles. The maximum atomic E-state index is 10.8. The van der Waals surface area contributed by atoms with Crippen molar-refractivity contribution in [2.24, 2.45) is 5.92 Å². The Labute approximate surface area is 169 Å². The third-order valence-corrected chi connectivity index (χ3v) is 4.00. The molecule has 0 amide bonds. The van der Waals surface area contributed by atoms with Crippen LogP contribution in [-0.2, 0) is 19.1 Å². The number of carboxylic acid groups (broad SMARTS) is 1. The van der Waals surface area contributed by atoms with Crippen molar-refractivity contribution < 1.29 is 24.2 Å². The van der Waals surface area contributed by atoms with Crippen LogP contribution in [-0.4, -0.2) is 44.4 Å². The quantitative estimate of drug-likeness (QED) is 0.713. The molecule has 10 heteroatoms. The lowest BCUT2D eigenvalue weighted by Crippen LogP contribution is -2.17. The van der Waals surface area contributed by atoms with Crippen molar-refractivity contribution >= 4 is 23.3 Å². The van der Waals surface area contributed by atoms with Crippen molar-refractivity contribution in [2.75, 3.05) is 12.3 Å². The maximum Gasteiger partial charge on any atom is 0.303 e. The van der Waals surface area contributed by atoms with Gasteiger partial charge in [-0.05, 0) is 30.9 Å². The molecule has 29 heavy (non-hydrogen) atoms. The van der Waals surface area contributed by atoms with Crippen LogP contribution in [0.5, 0.6) is 0 Å². The molecule has 0 aliphatic carbocycles. The molecule has 2 unspecified atom stereocenters. The number of aliphatic carboxylic acids is 1. The van der Waals surface area contributed by atoms with E-state index in [9.17, 15) is 9.59 Å². The number of hydrogen-bond acceptors (Lipinski definition) is 8. The lowest BCUT2D eigenvalue weighted by molar-refractivity contribution is -0.145. The molecule has 1 saturated heterocycles. The summed E-state index contributed by atoms with van der Waals surface area (Å²) in [5, 5.41) is 18.8. The lowest BCUT2D eigenvalue weighted by atomic mass is 10.1. The average molecular weight is 405 g/mol. The minimum absolute atomic E-state index is 0.0614. The number of aromatic nitrogens is 3. The Morgan fingerprint density at radius 1 is 1.41 bits per heavy atom. The van der Waals surface area contributed by atoms with E-state index >= 15 is 0 Å². The number of carbonyl (C=O) groups is 2. The fourth-order valence-electron chi connectivity index (χ4n) is 2.82. The van der Waals surface area contributed by atoms with Crippen LogP contribution < -0.4 is 5.73 Å². The van der Waals surface area contributed by atoms with Gasteiger partial charge in [0.15, 0.2) is 5.82 Å². The average Bonchev–Trinajstić information content (AvgIpc) is 3.28. The van der Waals surface area contributed by atoms with Gasteiger partial charge < -0.3 is 20.3 Å². The molecule has 3 heterocycles. The first kappa shape index (κ1) is 23.8. The molecule has 0 bridgehead atoms. The van der Waals surface area contributed by atoms with E-state index < -0.39 is 5.97 Å². The molecule has 1 fully saturated rings. The zero-order valence-corrected chi connectivity index (χ0v) is 16.8. The summed E-state index contributed by atoms with van der Waals surface area (Å²) in [5.41, 5.74) is 7.52. The number of anilines is 1. The predicted octanol–water partition coefficient (Wildman–Crippen LogP) is 2.35. The summed E-state index contributed by atoms with van der Waals surface area (Å²) in [5.74, 6) is -0.279. The molecule has 158 valence electrons. The van der Waals surface area contributed by atoms with Crippen molar-refractivity contribution in [1.29, 1.82) is 5.26 Å². The molecular weight excluding hydrogens is 378 g/mol. The number of nitriles is 1. The van der Waals surface area contributed by atoms with E-state index in [4.69, 9.17) is 25.6 Å². The first-order valence-corrected chi connectivity index (χ1v) is 9.12. The number of rotatable bonds is 5. The number of nitrogens with two attached hydrogens (primary N) is 1. The molecule has 2 aromatic heterocycles. The number of ether oxygens (including phenoxy) is 2. The van der Waals surface area contributed by atoms with Crippen LogP contribution in [0, 0.1) is 17.8 Å². The second-order valence-electron chi connectivity index (χ2n) is 6.82. The van der Waals surface area contributed by atoms with Gasteiger partial charge in [-0.2, -0.15) is 5.10 Å². The molecule has 0 saturated carbocycles. The molecule has 2 atom stereocenters. The smallest absolute Gasteiger partial charge is 0.303 e. The van der Waals surface area contributed by atoms with Gasteiger partial charge >= 0.3 is 11.9 Å². The number of esters is 1. The van der Waals surface area contributed by atoms with Crippen LogP contribution in [0.25, 0.3) is 5.52 Å². The van der Waals surface area contributed by atoms with Gasteiger partial charge in [-0.3, -0.25) is 9.59 Å². The topological polar surface area (TPSA) is 153 Å². The highest BCUT2D eigenvalue weighted by atomic mass is 16.6. The van der Waals surface area contributed by atoms with Crippen molar-refractivity contribution in [2.45, 2.75) is 52.2 Å². The number of nitrogen functional groups attached to an aromatic ring is 1. The third kappa shape index (κ3) is 7.38. The van der Waals surface area contributed by atoms with Gasteiger partial charge in [0.25, 0.3) is 0 Å². The van der Waals surface area contributed by atoms with Crippen LogP contribution in [0.4, 0.5) is 5.82 Å². The Morgan fingerprint density at radius 2 is 2.10 bits per heavy atom. The zero-order valence-electron chi connectivity index (χ0n) is 16.8. The van der Waals surface area contributed by atoms with Crippen molar-refractivity contribution in [3.8, 4) is 6.57 Å². The van der Waals surface area contributed by atoms with E-state index in [0.29, 0.717) is 12.4 Å². The van der Waals surface area contributed by atoms with Gasteiger partial charge in [-0.25, -0.2) is 14.8 Å². The molecule has 0 radical (unpaired) electrons. The third-order valence-electron chi connectivity index (χ3n) is 4.00. The molecule has 1 aliphatic rings. The SMILES string of the molecule is C#N.CC(=O)OCC1CCC(c2ccc3c(N)ncnn23)O1.CC(C)CC(=O)O. The molecule has 3 rings (SSSR count). The van der Waals surface area contributed by atoms with Crippen molar-refractivity contribution in [3.05, 3.63) is 24.2 Å². The van der Waals surface area contributed by atoms with Crippen molar-refractivity contribution in [3.63, 3.8) is 0 Å². The highest BCUT2D eigenvalue weighted by molar-refractivity contribution is 5.67. The summed E-state index contributed by atoms with van der Waals surface area (Å²) >= 11 is 0. The monoisotopic (exact) mass is 405 g/mol. The van der Waals surface area contributed by atoms with E-state index in [-0.39, 0.29) is 30.5 Å². The van der Waals surface area contributed by atoms with E-state index in [0.717, 1.165) is 24.1 Å². The normalized spacial score (nSPS) is 17.7. The number of fused-ring (bicyclic) bond motifs is 1. The minimum Gasteiger partial charge on any atom is -0.481 e. The van der Waals surface area contributed by atoms with Crippen LogP contribution in [0.2, 0.25) is 0 Å². The molecular formula is C19H27N5O5. The fourth-order valence-corrected chi connectivity index (χ4v) is 2.82. The predicted molar refractivity (Wildman–Crippen MR) is 105 cm³/mol. The second-order valence-corrected chi connectivity index (χ2v) is 6.82. The van der Waals surface area contributed by atoms with Crippen molar-refractivity contribution in [1.82, 2.24) is 14.6 Å². The Bertz CT molecular complexity index is 833. The highest BCUT2D eigenvalue weighted by Gasteiger charge is 2.29. The Kier molecular flexibility index (Phi) is 9.55. The van der Waals surface area contributed by atoms with Crippen LogP contribution in [0.1, 0.15) is 51.8 Å². The fraction of sp³-hybridized carbons (Fsp3) is 0.526. The summed E-state index contributed by atoms with van der Waals surface area (Å²) in [6.45, 7) is 8.96. The molecule has 3 N–H and O–H groups in total. The highest BCUT2D eigenvalue weighted by Crippen LogP contribution is 2.33. The molecule has 10 nitrogen and oxygen atoms in total. The van der Waals surface area contributed by atoms with Crippen LogP contribution in [0.15, 0.2) is 18.5 Å². The first-order chi connectivity index (χ1) is 13.8. The van der Waals surface area contributed by atoms with E-state index in [1.807, 2.05) is 26.0 Å². The molecule has 0 spiro atoms. The Morgan fingerprint density at radius 3 is 2.66 bits per heavy atom. The zero-order chi connectivity index (χ0) is 22.0. The number of carboxylic acids is 1. The van der Waals surface area contributed by atoms with E-state index in [2.05, 4.69) is 16.7 Å². The molecule has 2 aromatic rings. The van der Waals surface area contributed by atoms with Crippen LogP contribution in [0.3, 0.4) is 0 Å². The Balaban J connectivity index is 0.000000399. The Hall–Kier alpha value is -3.19. The number of hydrogen-bond donors (Lipinski definition) is 2. The van der Waals surface area contributed by atoms with Gasteiger partial charge in [-0.15, -0.1) is 0 Å². The van der Waals surface area contributed by atoms with E-state index in [1.165, 1.54) is 13.3 Å². The van der Waals surface area contributed by atoms with Gasteiger partial charge in [0, 0.05) is 19.9 Å². The van der Waals surface area contributed by atoms with Gasteiger partial charge in [0.1, 0.15) is 24.6 Å². The lowest BCUT2D eigenvalue weighted by Gasteiger charge is -2.13.